The number of carbonyl (C=O) groups excluding carboxylic acids is 2. The van der Waals surface area contributed by atoms with Gasteiger partial charge in [-0.3, -0.25) is 9.63 Å². The number of nitrogens with one attached hydrogen (secondary N) is 1. The predicted octanol–water partition coefficient (Wildman–Crippen LogP) is 2.37. The third-order valence-corrected chi connectivity index (χ3v) is 3.87. The van der Waals surface area contributed by atoms with Crippen molar-refractivity contribution in [2.45, 2.75) is 26.6 Å². The summed E-state index contributed by atoms with van der Waals surface area (Å²) in [5, 5.41) is 1.60. The molecule has 0 spiro atoms. The Hall–Kier alpha value is -2.44. The minimum absolute atomic E-state index is 0.233. The first-order valence-electron chi connectivity index (χ1n) is 7.32. The normalized spacial score (nSPS) is 19.4. The van der Waals surface area contributed by atoms with E-state index in [1.165, 1.54) is 7.11 Å². The average molecular weight is 314 g/mol. The second-order valence-corrected chi connectivity index (χ2v) is 5.50. The molecule has 1 aromatic carbocycles. The van der Waals surface area contributed by atoms with Crippen molar-refractivity contribution in [3.05, 3.63) is 58.4 Å². The molecule has 1 aliphatic rings. The number of hydroxylamine groups is 2. The van der Waals surface area contributed by atoms with E-state index in [9.17, 15) is 9.59 Å². The number of ketones is 1. The highest BCUT2D eigenvalue weighted by atomic mass is 16.8. The molecule has 0 bridgehead atoms. The van der Waals surface area contributed by atoms with Crippen molar-refractivity contribution in [2.24, 2.45) is 0 Å². The van der Waals surface area contributed by atoms with Gasteiger partial charge in [0.25, 0.3) is 0 Å². The molecule has 3 rings (SSSR count). The van der Waals surface area contributed by atoms with Crippen LogP contribution in [-0.2, 0) is 16.1 Å². The minimum Gasteiger partial charge on any atom is -0.465 e. The Morgan fingerprint density at radius 3 is 2.48 bits per heavy atom. The molecular weight excluding hydrogens is 296 g/mol. The Labute approximate surface area is 134 Å². The van der Waals surface area contributed by atoms with Crippen LogP contribution in [0.15, 0.2) is 30.3 Å². The van der Waals surface area contributed by atoms with Gasteiger partial charge in [-0.05, 0) is 19.4 Å². The van der Waals surface area contributed by atoms with Crippen molar-refractivity contribution in [2.75, 3.05) is 7.11 Å². The number of H-pyrrole nitrogens is 1. The molecule has 2 heterocycles. The first kappa shape index (κ1) is 15.5. The SMILES string of the molecule is COC(=O)c1c(C)[nH]c(C)c1C(=O)C1ON1Cc1ccccc1. The highest BCUT2D eigenvalue weighted by Gasteiger charge is 2.45. The first-order valence-corrected chi connectivity index (χ1v) is 7.32. The van der Waals surface area contributed by atoms with Gasteiger partial charge in [0.2, 0.25) is 12.0 Å². The second kappa shape index (κ2) is 5.98. The number of hydrogen-bond donors (Lipinski definition) is 1. The van der Waals surface area contributed by atoms with Crippen molar-refractivity contribution in [3.63, 3.8) is 0 Å². The van der Waals surface area contributed by atoms with Crippen LogP contribution in [0.3, 0.4) is 0 Å². The Morgan fingerprint density at radius 2 is 1.83 bits per heavy atom. The van der Waals surface area contributed by atoms with E-state index in [-0.39, 0.29) is 11.3 Å². The molecule has 2 unspecified atom stereocenters. The van der Waals surface area contributed by atoms with Crippen LogP contribution in [0.5, 0.6) is 0 Å². The van der Waals surface area contributed by atoms with Gasteiger partial charge in [-0.2, -0.15) is 0 Å². The molecule has 6 nitrogen and oxygen atoms in total. The summed E-state index contributed by atoms with van der Waals surface area (Å²) in [4.78, 5) is 33.0. The quantitative estimate of drug-likeness (QED) is 0.521. The van der Waals surface area contributed by atoms with Crippen LogP contribution < -0.4 is 0 Å². The summed E-state index contributed by atoms with van der Waals surface area (Å²) in [6.45, 7) is 4.02. The van der Waals surface area contributed by atoms with E-state index in [2.05, 4.69) is 4.98 Å². The smallest absolute Gasteiger partial charge is 0.340 e. The zero-order valence-corrected chi connectivity index (χ0v) is 13.3. The summed E-state index contributed by atoms with van der Waals surface area (Å²) in [5.74, 6) is -0.756. The number of aromatic amines is 1. The molecule has 2 atom stereocenters. The number of hydrogen-bond acceptors (Lipinski definition) is 5. The minimum atomic E-state index is -0.660. The molecule has 1 aliphatic heterocycles. The fourth-order valence-corrected chi connectivity index (χ4v) is 2.73. The molecule has 1 fully saturated rings. The molecule has 120 valence electrons. The molecule has 6 heteroatoms. The number of esters is 1. The number of Topliss-reactive ketones (excluding diaryl/α,β-unsaturated/α-hetero) is 1. The number of aryl methyl sites for hydroxylation is 2. The third-order valence-electron chi connectivity index (χ3n) is 3.87. The van der Waals surface area contributed by atoms with Gasteiger partial charge in [-0.1, -0.05) is 30.3 Å². The monoisotopic (exact) mass is 314 g/mol. The molecular formula is C17H18N2O4. The Bertz CT molecular complexity index is 751. The zero-order valence-electron chi connectivity index (χ0n) is 13.3. The molecule has 0 aliphatic carbocycles. The molecule has 0 amide bonds. The largest absolute Gasteiger partial charge is 0.465 e. The summed E-state index contributed by atoms with van der Waals surface area (Å²) >= 11 is 0. The molecule has 1 saturated heterocycles. The number of nitrogens with zero attached hydrogens (tertiary/aromatic N) is 1. The van der Waals surface area contributed by atoms with Crippen molar-refractivity contribution in [1.82, 2.24) is 10.0 Å². The van der Waals surface area contributed by atoms with E-state index in [0.717, 1.165) is 5.56 Å². The fraction of sp³-hybridized carbons (Fsp3) is 0.294. The van der Waals surface area contributed by atoms with Gasteiger partial charge in [0.1, 0.15) is 0 Å². The molecule has 0 radical (unpaired) electrons. The second-order valence-electron chi connectivity index (χ2n) is 5.50. The van der Waals surface area contributed by atoms with Crippen molar-refractivity contribution in [1.29, 1.82) is 0 Å². The predicted molar refractivity (Wildman–Crippen MR) is 82.8 cm³/mol. The standard InChI is InChI=1S/C17H18N2O4/c1-10-13(14(11(2)18-10)17(21)22-3)15(20)16-19(23-16)9-12-7-5-4-6-8-12/h4-8,16,18H,9H2,1-3H3. The van der Waals surface area contributed by atoms with Crippen molar-refractivity contribution in [3.8, 4) is 0 Å². The number of methoxy groups -OCH3 is 1. The number of ether oxygens (including phenoxy) is 1. The van der Waals surface area contributed by atoms with E-state index in [1.807, 2.05) is 30.3 Å². The van der Waals surface area contributed by atoms with E-state index < -0.39 is 12.2 Å². The van der Waals surface area contributed by atoms with Crippen molar-refractivity contribution < 1.29 is 19.2 Å². The summed E-state index contributed by atoms with van der Waals surface area (Å²) in [6.07, 6.45) is -0.660. The summed E-state index contributed by atoms with van der Waals surface area (Å²) in [7, 11) is 1.30. The van der Waals surface area contributed by atoms with Crippen LogP contribution in [0.2, 0.25) is 0 Å². The maximum Gasteiger partial charge on any atom is 0.340 e. The summed E-state index contributed by atoms with van der Waals surface area (Å²) in [5.41, 5.74) is 2.94. The Balaban J connectivity index is 1.79. The summed E-state index contributed by atoms with van der Waals surface area (Å²) in [6, 6.07) is 9.74. The van der Waals surface area contributed by atoms with Gasteiger partial charge >= 0.3 is 5.97 Å². The lowest BCUT2D eigenvalue weighted by Crippen LogP contribution is -2.17. The van der Waals surface area contributed by atoms with Gasteiger partial charge in [0, 0.05) is 11.4 Å². The maximum absolute atomic E-state index is 12.7. The van der Waals surface area contributed by atoms with Gasteiger partial charge in [-0.25, -0.2) is 4.79 Å². The molecule has 0 saturated carbocycles. The van der Waals surface area contributed by atoms with Crippen molar-refractivity contribution >= 4 is 11.8 Å². The Morgan fingerprint density at radius 1 is 1.17 bits per heavy atom. The van der Waals surface area contributed by atoms with Gasteiger partial charge < -0.3 is 9.72 Å². The van der Waals surface area contributed by atoms with Crippen LogP contribution >= 0.6 is 0 Å². The van der Waals surface area contributed by atoms with Crippen LogP contribution in [0, 0.1) is 13.8 Å². The van der Waals surface area contributed by atoms with Gasteiger partial charge in [0.15, 0.2) is 0 Å². The molecule has 23 heavy (non-hydrogen) atoms. The summed E-state index contributed by atoms with van der Waals surface area (Å²) < 4.78 is 4.78. The van der Waals surface area contributed by atoms with Gasteiger partial charge in [-0.15, -0.1) is 5.06 Å². The first-order chi connectivity index (χ1) is 11.0. The topological polar surface area (TPSA) is 74.7 Å². The lowest BCUT2D eigenvalue weighted by molar-refractivity contribution is 0.0596. The molecule has 1 N–H and O–H groups in total. The highest BCUT2D eigenvalue weighted by molar-refractivity contribution is 6.10. The van der Waals surface area contributed by atoms with E-state index in [1.54, 1.807) is 18.9 Å². The van der Waals surface area contributed by atoms with E-state index >= 15 is 0 Å². The Kier molecular flexibility index (Phi) is 4.02. The lowest BCUT2D eigenvalue weighted by atomic mass is 10.0. The lowest BCUT2D eigenvalue weighted by Gasteiger charge is -2.03. The molecule has 2 aromatic rings. The van der Waals surface area contributed by atoms with Crippen LogP contribution in [0.4, 0.5) is 0 Å². The number of aromatic nitrogens is 1. The third kappa shape index (κ3) is 2.91. The van der Waals surface area contributed by atoms with E-state index in [0.29, 0.717) is 23.5 Å². The molecule has 1 aromatic heterocycles. The van der Waals surface area contributed by atoms with E-state index in [4.69, 9.17) is 9.57 Å². The number of carbonyl (C=O) groups is 2. The number of benzene rings is 1. The zero-order chi connectivity index (χ0) is 16.6. The fourth-order valence-electron chi connectivity index (χ4n) is 2.73. The van der Waals surface area contributed by atoms with Crippen LogP contribution in [0.1, 0.15) is 37.7 Å². The highest BCUT2D eigenvalue weighted by Crippen LogP contribution is 2.30. The maximum atomic E-state index is 12.7. The average Bonchev–Trinajstić information content (AvgIpc) is 3.23. The van der Waals surface area contributed by atoms with Gasteiger partial charge in [0.05, 0.1) is 24.8 Å². The van der Waals surface area contributed by atoms with Crippen LogP contribution in [-0.4, -0.2) is 35.1 Å². The van der Waals surface area contributed by atoms with Crippen LogP contribution in [0.25, 0.3) is 0 Å². The number of rotatable bonds is 5.